The first-order valence-electron chi connectivity index (χ1n) is 9.41. The summed E-state index contributed by atoms with van der Waals surface area (Å²) in [7, 11) is 1.40. The molecule has 0 spiro atoms. The number of benzene rings is 2. The number of hydrogen-bond acceptors (Lipinski definition) is 9. The molecule has 31 heavy (non-hydrogen) atoms. The molecule has 3 N–H and O–H groups in total. The van der Waals surface area contributed by atoms with E-state index in [1.54, 1.807) is 24.3 Å². The summed E-state index contributed by atoms with van der Waals surface area (Å²) in [6.07, 6.45) is 2.95. The van der Waals surface area contributed by atoms with Gasteiger partial charge in [0.25, 0.3) is 5.91 Å². The molecule has 3 aromatic rings. The lowest BCUT2D eigenvalue weighted by Crippen LogP contribution is -2.17. The van der Waals surface area contributed by atoms with Gasteiger partial charge in [0.05, 0.1) is 35.1 Å². The standard InChI is InChI=1S/C20H21N5O5S/c1-3-4-7-30-18-15(25(27)28)8-12(9-16(18)29-2)11-22-24-19(26)13-5-6-14-17(10-13)31-20(21)23-14/h5-6,8-11H,3-4,7H2,1-2H3,(H2,21,23)(H,24,26)/b22-11-. The summed E-state index contributed by atoms with van der Waals surface area (Å²) >= 11 is 1.28. The molecule has 0 radical (unpaired) electrons. The summed E-state index contributed by atoms with van der Waals surface area (Å²) in [5.74, 6) is -0.156. The van der Waals surface area contributed by atoms with Gasteiger partial charge in [-0.05, 0) is 30.7 Å². The average Bonchev–Trinajstić information content (AvgIpc) is 3.13. The number of nitrogens with zero attached hydrogens (tertiary/aromatic N) is 3. The van der Waals surface area contributed by atoms with Gasteiger partial charge in [-0.15, -0.1) is 0 Å². The van der Waals surface area contributed by atoms with Crippen molar-refractivity contribution in [3.8, 4) is 11.5 Å². The Balaban J connectivity index is 1.77. The van der Waals surface area contributed by atoms with Crippen molar-refractivity contribution in [1.29, 1.82) is 0 Å². The molecule has 0 fully saturated rings. The number of nitro benzene ring substituents is 1. The van der Waals surface area contributed by atoms with Gasteiger partial charge in [-0.1, -0.05) is 24.7 Å². The molecule has 0 aliphatic carbocycles. The number of carbonyl (C=O) groups excluding carboxylic acids is 1. The van der Waals surface area contributed by atoms with E-state index < -0.39 is 10.8 Å². The van der Waals surface area contributed by atoms with Crippen molar-refractivity contribution < 1.29 is 19.2 Å². The molecule has 0 bridgehead atoms. The Kier molecular flexibility index (Phi) is 6.98. The second-order valence-electron chi connectivity index (χ2n) is 6.46. The molecule has 162 valence electrons. The van der Waals surface area contributed by atoms with E-state index in [-0.39, 0.29) is 17.2 Å². The van der Waals surface area contributed by atoms with Crippen molar-refractivity contribution in [1.82, 2.24) is 10.4 Å². The molecule has 1 amide bonds. The van der Waals surface area contributed by atoms with Crippen molar-refractivity contribution in [3.63, 3.8) is 0 Å². The van der Waals surface area contributed by atoms with E-state index in [4.69, 9.17) is 15.2 Å². The van der Waals surface area contributed by atoms with E-state index in [9.17, 15) is 14.9 Å². The van der Waals surface area contributed by atoms with Gasteiger partial charge >= 0.3 is 5.69 Å². The number of thiazole rings is 1. The number of amides is 1. The maximum Gasteiger partial charge on any atom is 0.315 e. The van der Waals surface area contributed by atoms with E-state index in [1.165, 1.54) is 30.7 Å². The number of anilines is 1. The molecule has 10 nitrogen and oxygen atoms in total. The number of carbonyl (C=O) groups is 1. The van der Waals surface area contributed by atoms with Crippen LogP contribution in [0.2, 0.25) is 0 Å². The Morgan fingerprint density at radius 1 is 1.39 bits per heavy atom. The Morgan fingerprint density at radius 2 is 2.19 bits per heavy atom. The highest BCUT2D eigenvalue weighted by atomic mass is 32.1. The topological polar surface area (TPSA) is 142 Å². The van der Waals surface area contributed by atoms with Gasteiger partial charge in [-0.25, -0.2) is 10.4 Å². The van der Waals surface area contributed by atoms with Crippen LogP contribution in [0, 0.1) is 10.1 Å². The Bertz CT molecular complexity index is 1140. The predicted molar refractivity (Wildman–Crippen MR) is 119 cm³/mol. The summed E-state index contributed by atoms with van der Waals surface area (Å²) < 4.78 is 11.6. The van der Waals surface area contributed by atoms with Crippen molar-refractivity contribution in [3.05, 3.63) is 51.6 Å². The molecule has 2 aromatic carbocycles. The molecule has 0 aliphatic rings. The number of nitrogen functional groups attached to an aromatic ring is 1. The van der Waals surface area contributed by atoms with E-state index in [2.05, 4.69) is 15.5 Å². The van der Waals surface area contributed by atoms with Crippen LogP contribution in [-0.4, -0.2) is 35.7 Å². The van der Waals surface area contributed by atoms with E-state index >= 15 is 0 Å². The lowest BCUT2D eigenvalue weighted by atomic mass is 10.2. The van der Waals surface area contributed by atoms with Crippen molar-refractivity contribution in [2.45, 2.75) is 19.8 Å². The third-order valence-electron chi connectivity index (χ3n) is 4.27. The number of nitro groups is 1. The maximum absolute atomic E-state index is 12.4. The zero-order chi connectivity index (χ0) is 22.4. The van der Waals surface area contributed by atoms with Gasteiger partial charge in [-0.2, -0.15) is 5.10 Å². The van der Waals surface area contributed by atoms with Crippen LogP contribution in [0.25, 0.3) is 10.2 Å². The Hall–Kier alpha value is -3.73. The van der Waals surface area contributed by atoms with Crippen LogP contribution in [0.1, 0.15) is 35.7 Å². The summed E-state index contributed by atoms with van der Waals surface area (Å²) in [5.41, 5.74) is 9.31. The Labute approximate surface area is 181 Å². The first kappa shape index (κ1) is 22.0. The number of ether oxygens (including phenoxy) is 2. The van der Waals surface area contributed by atoms with Crippen LogP contribution in [-0.2, 0) is 0 Å². The van der Waals surface area contributed by atoms with Crippen LogP contribution in [0.15, 0.2) is 35.4 Å². The minimum atomic E-state index is -0.546. The van der Waals surface area contributed by atoms with Crippen LogP contribution in [0.4, 0.5) is 10.8 Å². The van der Waals surface area contributed by atoms with E-state index in [1.807, 2.05) is 6.92 Å². The number of aromatic nitrogens is 1. The number of rotatable bonds is 9. The van der Waals surface area contributed by atoms with E-state index in [0.29, 0.717) is 28.4 Å². The number of hydrazone groups is 1. The van der Waals surface area contributed by atoms with Crippen molar-refractivity contribution in [2.24, 2.45) is 5.10 Å². The summed E-state index contributed by atoms with van der Waals surface area (Å²) in [6.45, 7) is 2.33. The number of hydrogen-bond donors (Lipinski definition) is 2. The SMILES string of the molecule is CCCCOc1c(OC)cc(/C=N\NC(=O)c2ccc3nc(N)sc3c2)cc1[N+](=O)[O-]. The van der Waals surface area contributed by atoms with Gasteiger partial charge in [0, 0.05) is 17.2 Å². The number of fused-ring (bicyclic) bond motifs is 1. The lowest BCUT2D eigenvalue weighted by molar-refractivity contribution is -0.386. The monoisotopic (exact) mass is 443 g/mol. The number of nitrogens with one attached hydrogen (secondary N) is 1. The lowest BCUT2D eigenvalue weighted by Gasteiger charge is -2.11. The second kappa shape index (κ2) is 9.85. The Morgan fingerprint density at radius 3 is 2.90 bits per heavy atom. The fraction of sp³-hybridized carbons (Fsp3) is 0.250. The molecule has 11 heteroatoms. The number of unbranched alkanes of at least 4 members (excludes halogenated alkanes) is 1. The van der Waals surface area contributed by atoms with Gasteiger partial charge in [0.2, 0.25) is 5.75 Å². The minimum absolute atomic E-state index is 0.0688. The summed E-state index contributed by atoms with van der Waals surface area (Å²) in [5, 5.41) is 15.8. The van der Waals surface area contributed by atoms with E-state index in [0.717, 1.165) is 17.5 Å². The molecular formula is C20H21N5O5S. The molecule has 0 unspecified atom stereocenters. The first-order valence-corrected chi connectivity index (χ1v) is 10.2. The molecule has 0 aliphatic heterocycles. The maximum atomic E-state index is 12.4. The minimum Gasteiger partial charge on any atom is -0.493 e. The highest BCUT2D eigenvalue weighted by Gasteiger charge is 2.22. The fourth-order valence-corrected chi connectivity index (χ4v) is 3.52. The molecule has 1 heterocycles. The average molecular weight is 443 g/mol. The van der Waals surface area contributed by atoms with Crippen LogP contribution >= 0.6 is 11.3 Å². The van der Waals surface area contributed by atoms with Crippen LogP contribution in [0.5, 0.6) is 11.5 Å². The largest absolute Gasteiger partial charge is 0.493 e. The van der Waals surface area contributed by atoms with Crippen LogP contribution in [0.3, 0.4) is 0 Å². The molecule has 0 atom stereocenters. The molecule has 0 saturated heterocycles. The van der Waals surface area contributed by atoms with Gasteiger partial charge in [0.15, 0.2) is 10.9 Å². The van der Waals surface area contributed by atoms with Gasteiger partial charge in [0.1, 0.15) is 0 Å². The normalized spacial score (nSPS) is 11.0. The summed E-state index contributed by atoms with van der Waals surface area (Å²) in [4.78, 5) is 27.4. The number of methoxy groups -OCH3 is 1. The molecule has 0 saturated carbocycles. The van der Waals surface area contributed by atoms with Crippen LogP contribution < -0.4 is 20.6 Å². The van der Waals surface area contributed by atoms with Gasteiger partial charge < -0.3 is 15.2 Å². The summed E-state index contributed by atoms with van der Waals surface area (Å²) in [6, 6.07) is 7.85. The quantitative estimate of drug-likeness (QED) is 0.222. The zero-order valence-corrected chi connectivity index (χ0v) is 17.8. The zero-order valence-electron chi connectivity index (χ0n) is 17.0. The first-order chi connectivity index (χ1) is 14.9. The van der Waals surface area contributed by atoms with Gasteiger partial charge in [-0.3, -0.25) is 14.9 Å². The van der Waals surface area contributed by atoms with Crippen molar-refractivity contribution in [2.75, 3.05) is 19.5 Å². The second-order valence-corrected chi connectivity index (χ2v) is 7.53. The highest BCUT2D eigenvalue weighted by molar-refractivity contribution is 7.22. The third-order valence-corrected chi connectivity index (χ3v) is 5.11. The fourth-order valence-electron chi connectivity index (χ4n) is 2.75. The number of nitrogens with two attached hydrogens (primary N) is 1. The molecular weight excluding hydrogens is 422 g/mol. The molecule has 1 aromatic heterocycles. The highest BCUT2D eigenvalue weighted by Crippen LogP contribution is 2.38. The smallest absolute Gasteiger partial charge is 0.315 e. The third kappa shape index (κ3) is 5.25. The molecule has 3 rings (SSSR count). The predicted octanol–water partition coefficient (Wildman–Crippen LogP) is 3.74. The van der Waals surface area contributed by atoms with Crippen molar-refractivity contribution >= 4 is 44.5 Å².